The minimum atomic E-state index is -3.24. The molecule has 0 saturated carbocycles. The van der Waals surface area contributed by atoms with Crippen molar-refractivity contribution in [1.82, 2.24) is 14.9 Å². The highest BCUT2D eigenvalue weighted by Crippen LogP contribution is 2.19. The number of nitrogens with zero attached hydrogens (tertiary/aromatic N) is 1. The van der Waals surface area contributed by atoms with Crippen molar-refractivity contribution < 1.29 is 22.4 Å². The first kappa shape index (κ1) is 17.5. The number of carbonyl (C=O) groups is 2. The Balaban J connectivity index is 1.71. The molecule has 1 aromatic heterocycles. The molecule has 0 aliphatic carbocycles. The minimum Gasteiger partial charge on any atom is -0.459 e. The van der Waals surface area contributed by atoms with Crippen LogP contribution in [0.3, 0.4) is 0 Å². The third-order valence-corrected chi connectivity index (χ3v) is 4.40. The van der Waals surface area contributed by atoms with E-state index in [0.29, 0.717) is 31.7 Å². The summed E-state index contributed by atoms with van der Waals surface area (Å²) < 4.78 is 29.2. The lowest BCUT2D eigenvalue weighted by atomic mass is 9.96. The summed E-state index contributed by atoms with van der Waals surface area (Å²) in [6.45, 7) is 1.41. The Morgan fingerprint density at radius 2 is 2.00 bits per heavy atom. The number of carbonyl (C=O) groups excluding carboxylic acids is 2. The summed E-state index contributed by atoms with van der Waals surface area (Å²) in [5.41, 5.74) is 0. The number of nitrogens with one attached hydrogen (secondary N) is 2. The standard InChI is InChI=1S/C14H21N3O5S/c1-23(20,21)16-7-6-15-13(18)11-4-8-17(9-5-11)14(19)12-3-2-10-22-12/h2-3,10-11,16H,4-9H2,1H3,(H,15,18). The van der Waals surface area contributed by atoms with Gasteiger partial charge in [0.2, 0.25) is 15.9 Å². The van der Waals surface area contributed by atoms with Crippen LogP contribution in [0.15, 0.2) is 22.8 Å². The van der Waals surface area contributed by atoms with E-state index in [-0.39, 0.29) is 30.8 Å². The van der Waals surface area contributed by atoms with Crippen molar-refractivity contribution in [3.05, 3.63) is 24.2 Å². The Morgan fingerprint density at radius 3 is 2.57 bits per heavy atom. The number of hydrogen-bond donors (Lipinski definition) is 2. The quantitative estimate of drug-likeness (QED) is 0.695. The van der Waals surface area contributed by atoms with Crippen molar-refractivity contribution in [3.63, 3.8) is 0 Å². The van der Waals surface area contributed by atoms with Crippen molar-refractivity contribution in [1.29, 1.82) is 0 Å². The Hall–Kier alpha value is -1.87. The van der Waals surface area contributed by atoms with E-state index < -0.39 is 10.0 Å². The molecular weight excluding hydrogens is 322 g/mol. The Morgan fingerprint density at radius 1 is 1.30 bits per heavy atom. The molecule has 9 heteroatoms. The normalized spacial score (nSPS) is 16.3. The van der Waals surface area contributed by atoms with Gasteiger partial charge in [-0.1, -0.05) is 0 Å². The van der Waals surface area contributed by atoms with Crippen molar-refractivity contribution in [3.8, 4) is 0 Å². The van der Waals surface area contributed by atoms with Gasteiger partial charge in [-0.05, 0) is 25.0 Å². The summed E-state index contributed by atoms with van der Waals surface area (Å²) in [5, 5.41) is 2.71. The van der Waals surface area contributed by atoms with Gasteiger partial charge in [-0.2, -0.15) is 0 Å². The maximum Gasteiger partial charge on any atom is 0.289 e. The number of amides is 2. The van der Waals surface area contributed by atoms with Crippen molar-refractivity contribution in [2.45, 2.75) is 12.8 Å². The van der Waals surface area contributed by atoms with Crippen LogP contribution in [0.5, 0.6) is 0 Å². The molecule has 0 atom stereocenters. The third kappa shape index (κ3) is 5.36. The molecule has 1 aromatic rings. The van der Waals surface area contributed by atoms with Crippen LogP contribution in [0.25, 0.3) is 0 Å². The predicted octanol–water partition coefficient (Wildman–Crippen LogP) is -0.203. The number of sulfonamides is 1. The number of likely N-dealkylation sites (tertiary alicyclic amines) is 1. The van der Waals surface area contributed by atoms with E-state index in [1.165, 1.54) is 6.26 Å². The first-order valence-electron chi connectivity index (χ1n) is 7.42. The van der Waals surface area contributed by atoms with E-state index in [1.54, 1.807) is 17.0 Å². The largest absolute Gasteiger partial charge is 0.459 e. The third-order valence-electron chi connectivity index (χ3n) is 3.67. The van der Waals surface area contributed by atoms with Gasteiger partial charge in [-0.15, -0.1) is 0 Å². The van der Waals surface area contributed by atoms with Gasteiger partial charge in [0.1, 0.15) is 0 Å². The topological polar surface area (TPSA) is 109 Å². The van der Waals surface area contributed by atoms with E-state index in [2.05, 4.69) is 10.0 Å². The van der Waals surface area contributed by atoms with Crippen LogP contribution in [0.4, 0.5) is 0 Å². The fraction of sp³-hybridized carbons (Fsp3) is 0.571. The lowest BCUT2D eigenvalue weighted by Crippen LogP contribution is -2.44. The maximum atomic E-state index is 12.1. The monoisotopic (exact) mass is 343 g/mol. The molecule has 2 rings (SSSR count). The zero-order valence-corrected chi connectivity index (χ0v) is 13.8. The van der Waals surface area contributed by atoms with E-state index >= 15 is 0 Å². The molecule has 1 fully saturated rings. The van der Waals surface area contributed by atoms with Crippen LogP contribution < -0.4 is 10.0 Å². The van der Waals surface area contributed by atoms with Gasteiger partial charge in [0.15, 0.2) is 5.76 Å². The molecule has 0 unspecified atom stereocenters. The van der Waals surface area contributed by atoms with Crippen LogP contribution in [-0.2, 0) is 14.8 Å². The highest BCUT2D eigenvalue weighted by Gasteiger charge is 2.28. The molecule has 1 saturated heterocycles. The fourth-order valence-corrected chi connectivity index (χ4v) is 2.94. The Kier molecular flexibility index (Phi) is 5.78. The summed E-state index contributed by atoms with van der Waals surface area (Å²) in [4.78, 5) is 25.8. The first-order valence-corrected chi connectivity index (χ1v) is 9.31. The lowest BCUT2D eigenvalue weighted by Gasteiger charge is -2.30. The van der Waals surface area contributed by atoms with E-state index in [4.69, 9.17) is 4.42 Å². The van der Waals surface area contributed by atoms with E-state index in [9.17, 15) is 18.0 Å². The van der Waals surface area contributed by atoms with Crippen LogP contribution >= 0.6 is 0 Å². The molecule has 2 N–H and O–H groups in total. The molecule has 2 amide bonds. The van der Waals surface area contributed by atoms with Gasteiger partial charge in [0, 0.05) is 32.1 Å². The second-order valence-corrected chi connectivity index (χ2v) is 7.33. The smallest absolute Gasteiger partial charge is 0.289 e. The van der Waals surface area contributed by atoms with Gasteiger partial charge in [-0.25, -0.2) is 13.1 Å². The van der Waals surface area contributed by atoms with Crippen molar-refractivity contribution in [2.24, 2.45) is 5.92 Å². The minimum absolute atomic E-state index is 0.106. The average molecular weight is 343 g/mol. The summed E-state index contributed by atoms with van der Waals surface area (Å²) in [7, 11) is -3.24. The average Bonchev–Trinajstić information content (AvgIpc) is 3.04. The molecule has 8 nitrogen and oxygen atoms in total. The summed E-state index contributed by atoms with van der Waals surface area (Å²) in [6, 6.07) is 3.29. The summed E-state index contributed by atoms with van der Waals surface area (Å²) >= 11 is 0. The SMILES string of the molecule is CS(=O)(=O)NCCNC(=O)C1CCN(C(=O)c2ccco2)CC1. The van der Waals surface area contributed by atoms with Gasteiger partial charge in [-0.3, -0.25) is 9.59 Å². The summed E-state index contributed by atoms with van der Waals surface area (Å²) in [6.07, 6.45) is 3.69. The lowest BCUT2D eigenvalue weighted by molar-refractivity contribution is -0.126. The number of hydrogen-bond acceptors (Lipinski definition) is 5. The molecule has 1 aliphatic rings. The second kappa shape index (κ2) is 7.60. The van der Waals surface area contributed by atoms with Crippen molar-refractivity contribution in [2.75, 3.05) is 32.4 Å². The Labute approximate surface area is 135 Å². The highest BCUT2D eigenvalue weighted by molar-refractivity contribution is 7.88. The van der Waals surface area contributed by atoms with Crippen LogP contribution in [0.2, 0.25) is 0 Å². The Bertz CT molecular complexity index is 633. The molecular formula is C14H21N3O5S. The van der Waals surface area contributed by atoms with Crippen LogP contribution in [-0.4, -0.2) is 57.6 Å². The molecule has 0 bridgehead atoms. The molecule has 0 spiro atoms. The van der Waals surface area contributed by atoms with Gasteiger partial charge in [0.05, 0.1) is 12.5 Å². The van der Waals surface area contributed by atoms with E-state index in [1.807, 2.05) is 0 Å². The van der Waals surface area contributed by atoms with Crippen LogP contribution in [0, 0.1) is 5.92 Å². The maximum absolute atomic E-state index is 12.1. The first-order chi connectivity index (χ1) is 10.9. The molecule has 1 aliphatic heterocycles. The molecule has 2 heterocycles. The number of rotatable bonds is 6. The molecule has 0 aromatic carbocycles. The predicted molar refractivity (Wildman–Crippen MR) is 83.2 cm³/mol. The molecule has 128 valence electrons. The highest BCUT2D eigenvalue weighted by atomic mass is 32.2. The van der Waals surface area contributed by atoms with E-state index in [0.717, 1.165) is 6.26 Å². The fourth-order valence-electron chi connectivity index (χ4n) is 2.47. The summed E-state index contributed by atoms with van der Waals surface area (Å²) in [5.74, 6) is -0.120. The van der Waals surface area contributed by atoms with Gasteiger partial charge >= 0.3 is 0 Å². The van der Waals surface area contributed by atoms with Gasteiger partial charge < -0.3 is 14.6 Å². The second-order valence-electron chi connectivity index (χ2n) is 5.50. The number of piperidine rings is 1. The molecule has 0 radical (unpaired) electrons. The molecule has 23 heavy (non-hydrogen) atoms. The zero-order valence-electron chi connectivity index (χ0n) is 12.9. The number of furan rings is 1. The van der Waals surface area contributed by atoms with Crippen molar-refractivity contribution >= 4 is 21.8 Å². The van der Waals surface area contributed by atoms with Crippen LogP contribution in [0.1, 0.15) is 23.4 Å². The van der Waals surface area contributed by atoms with Gasteiger partial charge in [0.25, 0.3) is 5.91 Å². The zero-order chi connectivity index (χ0) is 16.9.